The molecule has 5 rings (SSSR count). The summed E-state index contributed by atoms with van der Waals surface area (Å²) in [6, 6.07) is 0. The van der Waals surface area contributed by atoms with Crippen LogP contribution in [0.5, 0.6) is 0 Å². The number of carbonyl (C=O) groups excluding carboxylic acids is 3. The quantitative estimate of drug-likeness (QED) is 0.342. The van der Waals surface area contributed by atoms with Crippen LogP contribution in [-0.2, 0) is 14.4 Å². The SMILES string of the molecule is CC(=O)[C@@]1(C)CC[C@]2(C)CC[C@]3(C)[C@H](C(=O)C=C4[C@@]5(C)C=C(Br)C(=O)C(C)(C)[C@@H]5CC[C@]43C)[C@@H]2C1. The van der Waals surface area contributed by atoms with Gasteiger partial charge in [-0.1, -0.05) is 60.1 Å². The Morgan fingerprint density at radius 3 is 2.20 bits per heavy atom. The molecule has 35 heavy (non-hydrogen) atoms. The van der Waals surface area contributed by atoms with E-state index < -0.39 is 5.41 Å². The highest BCUT2D eigenvalue weighted by atomic mass is 79.9. The third-order valence-electron chi connectivity index (χ3n) is 12.8. The molecule has 5 aliphatic rings. The molecule has 192 valence electrons. The number of allylic oxidation sites excluding steroid dienone is 4. The van der Waals surface area contributed by atoms with E-state index >= 15 is 0 Å². The highest BCUT2D eigenvalue weighted by Gasteiger charge is 2.69. The van der Waals surface area contributed by atoms with Gasteiger partial charge in [-0.2, -0.15) is 0 Å². The molecule has 0 radical (unpaired) electrons. The Bertz CT molecular complexity index is 1100. The summed E-state index contributed by atoms with van der Waals surface area (Å²) in [5, 5.41) is 0. The van der Waals surface area contributed by atoms with Gasteiger partial charge < -0.3 is 0 Å². The van der Waals surface area contributed by atoms with Crippen molar-refractivity contribution >= 4 is 33.3 Å². The highest BCUT2D eigenvalue weighted by molar-refractivity contribution is 9.12. The molecule has 0 amide bonds. The Morgan fingerprint density at radius 1 is 0.943 bits per heavy atom. The molecule has 0 aromatic heterocycles. The van der Waals surface area contributed by atoms with E-state index in [1.165, 1.54) is 5.57 Å². The van der Waals surface area contributed by atoms with Crippen molar-refractivity contribution in [3.8, 4) is 0 Å². The molecule has 3 nitrogen and oxygen atoms in total. The maximum absolute atomic E-state index is 14.3. The van der Waals surface area contributed by atoms with Crippen molar-refractivity contribution in [2.45, 2.75) is 100 Å². The summed E-state index contributed by atoms with van der Waals surface area (Å²) in [4.78, 5) is 40.1. The van der Waals surface area contributed by atoms with E-state index in [2.05, 4.69) is 70.5 Å². The molecular weight excluding hydrogens is 500 g/mol. The fourth-order valence-corrected chi connectivity index (χ4v) is 10.9. The van der Waals surface area contributed by atoms with Gasteiger partial charge >= 0.3 is 0 Å². The summed E-state index contributed by atoms with van der Waals surface area (Å²) >= 11 is 3.60. The molecule has 8 atom stereocenters. The molecule has 0 bridgehead atoms. The Hall–Kier alpha value is -1.03. The zero-order chi connectivity index (χ0) is 26.0. The molecule has 3 saturated carbocycles. The normalized spacial score (nSPS) is 50.7. The predicted molar refractivity (Wildman–Crippen MR) is 143 cm³/mol. The molecule has 0 spiro atoms. The number of halogens is 1. The first-order valence-electron chi connectivity index (χ1n) is 13.7. The van der Waals surface area contributed by atoms with Gasteiger partial charge in [0.05, 0.1) is 4.48 Å². The number of carbonyl (C=O) groups is 3. The lowest BCUT2D eigenvalue weighted by Crippen LogP contribution is -2.64. The van der Waals surface area contributed by atoms with E-state index in [-0.39, 0.29) is 62.2 Å². The van der Waals surface area contributed by atoms with E-state index in [1.807, 2.05) is 6.08 Å². The van der Waals surface area contributed by atoms with Gasteiger partial charge in [-0.15, -0.1) is 0 Å². The van der Waals surface area contributed by atoms with Crippen LogP contribution in [0.25, 0.3) is 0 Å². The maximum atomic E-state index is 14.3. The molecule has 0 unspecified atom stereocenters. The van der Waals surface area contributed by atoms with Crippen LogP contribution in [0.3, 0.4) is 0 Å². The topological polar surface area (TPSA) is 51.2 Å². The first-order chi connectivity index (χ1) is 16.0. The zero-order valence-electron chi connectivity index (χ0n) is 22.9. The van der Waals surface area contributed by atoms with E-state index in [4.69, 9.17) is 0 Å². The number of Topliss-reactive ketones (excluding diaryl/α,β-unsaturated/α-hetero) is 2. The highest BCUT2D eigenvalue weighted by Crippen LogP contribution is 2.74. The van der Waals surface area contributed by atoms with Crippen molar-refractivity contribution in [2.24, 2.45) is 50.2 Å². The summed E-state index contributed by atoms with van der Waals surface area (Å²) in [7, 11) is 0. The van der Waals surface area contributed by atoms with Crippen molar-refractivity contribution in [2.75, 3.05) is 0 Å². The summed E-state index contributed by atoms with van der Waals surface area (Å²) in [6.45, 7) is 17.5. The monoisotopic (exact) mass is 542 g/mol. The number of rotatable bonds is 1. The Labute approximate surface area is 220 Å². The van der Waals surface area contributed by atoms with Crippen molar-refractivity contribution < 1.29 is 14.4 Å². The molecule has 0 aliphatic heterocycles. The van der Waals surface area contributed by atoms with Crippen LogP contribution in [0.1, 0.15) is 100 Å². The molecule has 0 aromatic carbocycles. The van der Waals surface area contributed by atoms with E-state index in [1.54, 1.807) is 6.92 Å². The lowest BCUT2D eigenvalue weighted by Gasteiger charge is -2.69. The lowest BCUT2D eigenvalue weighted by molar-refractivity contribution is -0.171. The molecule has 3 fully saturated rings. The summed E-state index contributed by atoms with van der Waals surface area (Å²) in [5.74, 6) is 1.10. The van der Waals surface area contributed by atoms with E-state index in [9.17, 15) is 14.4 Å². The van der Waals surface area contributed by atoms with Gasteiger partial charge in [-0.05, 0) is 102 Å². The molecule has 4 heteroatoms. The summed E-state index contributed by atoms with van der Waals surface area (Å²) in [6.07, 6.45) is 11.1. The summed E-state index contributed by atoms with van der Waals surface area (Å²) in [5.41, 5.74) is 0.00185. The molecule has 0 heterocycles. The molecule has 0 aromatic rings. The standard InChI is InChI=1S/C31H43BrO3/c1-18(33)28(5)12-11-27(4)13-14-31(8)24(19(27)16-28)21(34)15-23-29(6)17-20(32)25(35)26(2,3)22(29)9-10-30(23,31)7/h15,17,19,22,24H,9-14,16H2,1-8H3/t19-,22-,24-,27+,28-,29-,30+,31+/m0/s1. The molecule has 0 N–H and O–H groups in total. The van der Waals surface area contributed by atoms with E-state index in [0.717, 1.165) is 44.9 Å². The molecular formula is C31H43BrO3. The Kier molecular flexibility index (Phi) is 5.34. The van der Waals surface area contributed by atoms with Crippen LogP contribution in [0.2, 0.25) is 0 Å². The van der Waals surface area contributed by atoms with Gasteiger partial charge in [0.15, 0.2) is 11.6 Å². The van der Waals surface area contributed by atoms with Crippen molar-refractivity contribution in [3.05, 3.63) is 22.2 Å². The van der Waals surface area contributed by atoms with Crippen molar-refractivity contribution in [1.82, 2.24) is 0 Å². The number of fused-ring (bicyclic) bond motifs is 7. The first kappa shape index (κ1) is 25.6. The van der Waals surface area contributed by atoms with Crippen molar-refractivity contribution in [3.63, 3.8) is 0 Å². The van der Waals surface area contributed by atoms with Gasteiger partial charge in [-0.3, -0.25) is 14.4 Å². The largest absolute Gasteiger partial charge is 0.299 e. The van der Waals surface area contributed by atoms with Crippen LogP contribution in [0.4, 0.5) is 0 Å². The Morgan fingerprint density at radius 2 is 1.57 bits per heavy atom. The minimum Gasteiger partial charge on any atom is -0.299 e. The smallest absolute Gasteiger partial charge is 0.175 e. The molecule has 0 saturated heterocycles. The number of ketones is 3. The Balaban J connectivity index is 1.67. The van der Waals surface area contributed by atoms with Crippen LogP contribution in [-0.4, -0.2) is 17.3 Å². The van der Waals surface area contributed by atoms with Gasteiger partial charge in [0, 0.05) is 22.2 Å². The van der Waals surface area contributed by atoms with Crippen molar-refractivity contribution in [1.29, 1.82) is 0 Å². The number of hydrogen-bond acceptors (Lipinski definition) is 3. The fraction of sp³-hybridized carbons (Fsp3) is 0.774. The average molecular weight is 544 g/mol. The van der Waals surface area contributed by atoms with E-state index in [0.29, 0.717) is 4.48 Å². The second kappa shape index (κ2) is 7.29. The zero-order valence-corrected chi connectivity index (χ0v) is 24.5. The average Bonchev–Trinajstić information content (AvgIpc) is 2.75. The van der Waals surface area contributed by atoms with Crippen LogP contribution in [0.15, 0.2) is 22.2 Å². The van der Waals surface area contributed by atoms with Crippen LogP contribution >= 0.6 is 15.9 Å². The second-order valence-corrected chi connectivity index (χ2v) is 15.5. The lowest BCUT2D eigenvalue weighted by atomic mass is 9.34. The van der Waals surface area contributed by atoms with Gasteiger partial charge in [0.25, 0.3) is 0 Å². The summed E-state index contributed by atoms with van der Waals surface area (Å²) < 4.78 is 0.659. The molecule has 5 aliphatic carbocycles. The minimum atomic E-state index is -0.469. The maximum Gasteiger partial charge on any atom is 0.175 e. The van der Waals surface area contributed by atoms with Crippen LogP contribution < -0.4 is 0 Å². The second-order valence-electron chi connectivity index (χ2n) is 14.7. The van der Waals surface area contributed by atoms with Crippen LogP contribution in [0, 0.1) is 50.2 Å². The fourth-order valence-electron chi connectivity index (χ4n) is 9.88. The van der Waals surface area contributed by atoms with Gasteiger partial charge in [0.2, 0.25) is 0 Å². The predicted octanol–water partition coefficient (Wildman–Crippen LogP) is 7.62. The number of hydrogen-bond donors (Lipinski definition) is 0. The third-order valence-corrected chi connectivity index (χ3v) is 13.3. The van der Waals surface area contributed by atoms with Gasteiger partial charge in [-0.25, -0.2) is 0 Å². The third kappa shape index (κ3) is 3.04. The van der Waals surface area contributed by atoms with Gasteiger partial charge in [0.1, 0.15) is 5.78 Å². The minimum absolute atomic E-state index is 0.0419. The first-order valence-corrected chi connectivity index (χ1v) is 14.5.